The number of hydrogen-bond acceptors (Lipinski definition) is 7. The molecule has 0 spiro atoms. The number of rotatable bonds is 2. The standard InChI is InChI=1S/C19H10N4O6S2/c24-30(25,26)14-4-8-2-1-3-9-15(8)16(19(14)31(27,28)29)18-17(9)22-12-5-10-11(21-7-20-10)6-13(12)23-18/h1-7,23H,(H,24,25,26)(H,27,28,29). The molecule has 6 rings (SSSR count). The quantitative estimate of drug-likeness (QED) is 0.334. The van der Waals surface area contributed by atoms with Crippen molar-refractivity contribution >= 4 is 74.9 Å². The minimum absolute atomic E-state index is 0.0682. The predicted molar refractivity (Wildman–Crippen MR) is 113 cm³/mol. The van der Waals surface area contributed by atoms with Gasteiger partial charge in [-0.05, 0) is 23.6 Å². The molecular formula is C19H10N4O6S2. The van der Waals surface area contributed by atoms with E-state index in [1.54, 1.807) is 30.3 Å². The molecule has 2 aromatic heterocycles. The molecule has 0 aliphatic carbocycles. The van der Waals surface area contributed by atoms with E-state index in [1.807, 2.05) is 0 Å². The number of H-pyrrole nitrogens is 1. The number of imidazole rings is 1. The van der Waals surface area contributed by atoms with Gasteiger partial charge in [0.2, 0.25) is 0 Å². The average Bonchev–Trinajstić information content (AvgIpc) is 3.26. The molecule has 3 N–H and O–H groups in total. The fourth-order valence-electron chi connectivity index (χ4n) is 4.16. The maximum atomic E-state index is 12.3. The molecule has 12 heteroatoms. The molecule has 2 heterocycles. The van der Waals surface area contributed by atoms with Crippen LogP contribution < -0.4 is 0 Å². The molecule has 0 aliphatic rings. The third-order valence-electron chi connectivity index (χ3n) is 5.34. The highest BCUT2D eigenvalue weighted by Gasteiger charge is 2.31. The van der Waals surface area contributed by atoms with Crippen molar-refractivity contribution in [2.45, 2.75) is 9.79 Å². The molecule has 0 radical (unpaired) electrons. The Morgan fingerprint density at radius 1 is 0.839 bits per heavy atom. The summed E-state index contributed by atoms with van der Waals surface area (Å²) in [6, 6.07) is 9.39. The van der Waals surface area contributed by atoms with Gasteiger partial charge in [0.1, 0.15) is 16.1 Å². The maximum absolute atomic E-state index is 12.3. The molecule has 0 bridgehead atoms. The second-order valence-electron chi connectivity index (χ2n) is 7.12. The molecule has 10 nitrogen and oxygen atoms in total. The van der Waals surface area contributed by atoms with E-state index in [0.717, 1.165) is 6.07 Å². The first-order chi connectivity index (χ1) is 14.6. The molecule has 0 amide bonds. The number of nitrogens with zero attached hydrogens (tertiary/aromatic N) is 3. The van der Waals surface area contributed by atoms with Crippen molar-refractivity contribution in [3.05, 3.63) is 42.7 Å². The lowest BCUT2D eigenvalue weighted by Gasteiger charge is -2.09. The molecule has 0 aliphatic heterocycles. The number of benzene rings is 3. The molecule has 0 saturated heterocycles. The van der Waals surface area contributed by atoms with Gasteiger partial charge in [0.25, 0.3) is 20.2 Å². The van der Waals surface area contributed by atoms with Crippen LogP contribution in [0, 0.1) is 0 Å². The zero-order chi connectivity index (χ0) is 21.7. The lowest BCUT2D eigenvalue weighted by atomic mass is 10.1. The number of nitrogens with one attached hydrogen (secondary N) is 1. The largest absolute Gasteiger partial charge is 0.351 e. The van der Waals surface area contributed by atoms with E-state index < -0.39 is 30.0 Å². The summed E-state index contributed by atoms with van der Waals surface area (Å²) >= 11 is 0. The van der Waals surface area contributed by atoms with Gasteiger partial charge in [-0.1, -0.05) is 18.2 Å². The Labute approximate surface area is 173 Å². The van der Waals surface area contributed by atoms with Crippen LogP contribution in [0.1, 0.15) is 0 Å². The van der Waals surface area contributed by atoms with Gasteiger partial charge in [0.15, 0.2) is 0 Å². The minimum atomic E-state index is -5.05. The zero-order valence-electron chi connectivity index (χ0n) is 15.2. The van der Waals surface area contributed by atoms with Crippen molar-refractivity contribution in [3.8, 4) is 0 Å². The topological polar surface area (TPSA) is 163 Å². The van der Waals surface area contributed by atoms with Crippen molar-refractivity contribution in [1.82, 2.24) is 19.9 Å². The number of hydrogen-bond donors (Lipinski definition) is 3. The third-order valence-corrected chi connectivity index (χ3v) is 7.29. The molecule has 0 atom stereocenters. The summed E-state index contributed by atoms with van der Waals surface area (Å²) in [5.74, 6) is 0. The molecular weight excluding hydrogens is 444 g/mol. The molecule has 154 valence electrons. The van der Waals surface area contributed by atoms with E-state index in [1.165, 1.54) is 6.33 Å². The number of aromatic amines is 1. The summed E-state index contributed by atoms with van der Waals surface area (Å²) in [7, 11) is -10.0. The van der Waals surface area contributed by atoms with Crippen LogP contribution >= 0.6 is 0 Å². The normalized spacial score (nSPS) is 13.4. The summed E-state index contributed by atoms with van der Waals surface area (Å²) in [6.45, 7) is 0. The smallest absolute Gasteiger partial charge is 0.296 e. The molecule has 6 aromatic rings. The van der Waals surface area contributed by atoms with E-state index in [-0.39, 0.29) is 10.9 Å². The van der Waals surface area contributed by atoms with Gasteiger partial charge >= 0.3 is 0 Å². The van der Waals surface area contributed by atoms with Gasteiger partial charge in [-0.15, -0.1) is 0 Å². The lowest BCUT2D eigenvalue weighted by molar-refractivity contribution is 0.468. The Kier molecular flexibility index (Phi) is 3.32. The first-order valence-corrected chi connectivity index (χ1v) is 11.7. The molecule has 31 heavy (non-hydrogen) atoms. The maximum Gasteiger partial charge on any atom is 0.296 e. The zero-order valence-corrected chi connectivity index (χ0v) is 16.9. The van der Waals surface area contributed by atoms with Crippen LogP contribution in [0.4, 0.5) is 0 Å². The summed E-state index contributed by atoms with van der Waals surface area (Å²) < 4.78 is 68.2. The van der Waals surface area contributed by atoms with Crippen molar-refractivity contribution in [3.63, 3.8) is 0 Å². The molecule has 0 fully saturated rings. The van der Waals surface area contributed by atoms with E-state index in [0.29, 0.717) is 43.7 Å². The Morgan fingerprint density at radius 2 is 1.58 bits per heavy atom. The summed E-state index contributed by atoms with van der Waals surface area (Å²) in [5.41, 5.74) is 2.86. The fraction of sp³-hybridized carbons (Fsp3) is 0. The Morgan fingerprint density at radius 3 is 2.29 bits per heavy atom. The highest BCUT2D eigenvalue weighted by Crippen LogP contribution is 2.43. The minimum Gasteiger partial charge on any atom is -0.351 e. The highest BCUT2D eigenvalue weighted by atomic mass is 32.2. The average molecular weight is 454 g/mol. The molecule has 0 saturated carbocycles. The van der Waals surface area contributed by atoms with Crippen LogP contribution in [0.5, 0.6) is 0 Å². The van der Waals surface area contributed by atoms with Crippen LogP contribution in [0.2, 0.25) is 0 Å². The Bertz CT molecular complexity index is 1950. The number of fused-ring (bicyclic) bond motifs is 5. The lowest BCUT2D eigenvalue weighted by Crippen LogP contribution is -2.09. The van der Waals surface area contributed by atoms with Crippen molar-refractivity contribution in [2.75, 3.05) is 0 Å². The first-order valence-electron chi connectivity index (χ1n) is 8.83. The predicted octanol–water partition coefficient (Wildman–Crippen LogP) is 2.90. The Hall–Kier alpha value is -3.45. The van der Waals surface area contributed by atoms with Gasteiger partial charge in [0.05, 0.1) is 33.1 Å². The monoisotopic (exact) mass is 454 g/mol. The molecule has 4 aromatic carbocycles. The van der Waals surface area contributed by atoms with Crippen LogP contribution in [0.25, 0.3) is 54.6 Å². The van der Waals surface area contributed by atoms with E-state index in [2.05, 4.69) is 19.9 Å². The van der Waals surface area contributed by atoms with Crippen molar-refractivity contribution < 1.29 is 25.9 Å². The van der Waals surface area contributed by atoms with Gasteiger partial charge in [-0.2, -0.15) is 16.8 Å². The van der Waals surface area contributed by atoms with Gasteiger partial charge in [-0.25, -0.2) is 15.0 Å². The second-order valence-corrected chi connectivity index (χ2v) is 9.87. The highest BCUT2D eigenvalue weighted by molar-refractivity contribution is 7.89. The SMILES string of the molecule is O=S(=O)(O)c1cc2cccc3c4nc5cc6ncnc6cc5[nH]c4c(c1S(=O)(=O)O)c23. The van der Waals surface area contributed by atoms with Crippen molar-refractivity contribution in [2.24, 2.45) is 0 Å². The van der Waals surface area contributed by atoms with Gasteiger partial charge < -0.3 is 4.98 Å². The van der Waals surface area contributed by atoms with Gasteiger partial charge in [0, 0.05) is 16.2 Å². The number of aromatic nitrogens is 4. The van der Waals surface area contributed by atoms with Crippen LogP contribution in [-0.4, -0.2) is 45.9 Å². The van der Waals surface area contributed by atoms with Gasteiger partial charge in [-0.3, -0.25) is 9.11 Å². The fourth-order valence-corrected chi connectivity index (χ4v) is 6.18. The van der Waals surface area contributed by atoms with Crippen LogP contribution in [0.3, 0.4) is 0 Å². The summed E-state index contributed by atoms with van der Waals surface area (Å²) in [6.07, 6.45) is 1.40. The van der Waals surface area contributed by atoms with E-state index >= 15 is 0 Å². The van der Waals surface area contributed by atoms with E-state index in [9.17, 15) is 25.9 Å². The van der Waals surface area contributed by atoms with Crippen molar-refractivity contribution in [1.29, 1.82) is 0 Å². The first kappa shape index (κ1) is 18.3. The Balaban J connectivity index is 1.96. The third kappa shape index (κ3) is 2.47. The van der Waals surface area contributed by atoms with Crippen LogP contribution in [-0.2, 0) is 20.2 Å². The van der Waals surface area contributed by atoms with Crippen LogP contribution in [0.15, 0.2) is 52.5 Å². The molecule has 0 unspecified atom stereocenters. The summed E-state index contributed by atoms with van der Waals surface area (Å²) in [5, 5.41) is 1.25. The van der Waals surface area contributed by atoms with E-state index in [4.69, 9.17) is 0 Å². The summed E-state index contributed by atoms with van der Waals surface area (Å²) in [4.78, 5) is 14.2. The second kappa shape index (κ2) is 5.62.